The van der Waals surface area contributed by atoms with Crippen LogP contribution in [0.3, 0.4) is 0 Å². The smallest absolute Gasteiger partial charge is 0.123 e. The van der Waals surface area contributed by atoms with E-state index in [2.05, 4.69) is 20.8 Å². The minimum absolute atomic E-state index is 0.243. The van der Waals surface area contributed by atoms with Gasteiger partial charge in [-0.25, -0.2) is 4.39 Å². The maximum absolute atomic E-state index is 12.9. The van der Waals surface area contributed by atoms with E-state index in [1.807, 2.05) is 0 Å². The van der Waals surface area contributed by atoms with E-state index in [1.54, 1.807) is 12.1 Å². The molecule has 1 unspecified atom stereocenters. The first-order chi connectivity index (χ1) is 8.88. The van der Waals surface area contributed by atoms with Gasteiger partial charge < -0.3 is 5.11 Å². The van der Waals surface area contributed by atoms with Gasteiger partial charge in [-0.3, -0.25) is 0 Å². The second-order valence-corrected chi connectivity index (χ2v) is 6.97. The summed E-state index contributed by atoms with van der Waals surface area (Å²) >= 11 is 0. The molecule has 0 spiro atoms. The third-order valence-electron chi connectivity index (χ3n) is 4.65. The average molecular weight is 264 g/mol. The van der Waals surface area contributed by atoms with Crippen LogP contribution < -0.4 is 0 Å². The molecule has 106 valence electrons. The molecule has 0 aliphatic heterocycles. The quantitative estimate of drug-likeness (QED) is 0.820. The highest BCUT2D eigenvalue weighted by molar-refractivity contribution is 5.19. The Balaban J connectivity index is 1.96. The van der Waals surface area contributed by atoms with Crippen molar-refractivity contribution in [1.29, 1.82) is 0 Å². The van der Waals surface area contributed by atoms with Gasteiger partial charge in [0.2, 0.25) is 0 Å². The summed E-state index contributed by atoms with van der Waals surface area (Å²) in [5, 5.41) is 10.4. The fourth-order valence-corrected chi connectivity index (χ4v) is 3.23. The Kier molecular flexibility index (Phi) is 4.29. The van der Waals surface area contributed by atoms with Crippen LogP contribution in [-0.2, 0) is 0 Å². The zero-order valence-corrected chi connectivity index (χ0v) is 12.2. The van der Waals surface area contributed by atoms with Crippen molar-refractivity contribution in [2.75, 3.05) is 0 Å². The molecule has 1 N–H and O–H groups in total. The summed E-state index contributed by atoms with van der Waals surface area (Å²) in [6.07, 6.45) is 4.07. The molecule has 1 saturated carbocycles. The molecule has 1 aromatic carbocycles. The summed E-state index contributed by atoms with van der Waals surface area (Å²) in [4.78, 5) is 0. The van der Waals surface area contributed by atoms with Crippen molar-refractivity contribution < 1.29 is 9.50 Å². The Morgan fingerprint density at radius 1 is 1.05 bits per heavy atom. The molecule has 1 atom stereocenters. The van der Waals surface area contributed by atoms with Crippen LogP contribution in [0.2, 0.25) is 0 Å². The third kappa shape index (κ3) is 3.56. The van der Waals surface area contributed by atoms with Crippen LogP contribution >= 0.6 is 0 Å². The number of hydrogen-bond acceptors (Lipinski definition) is 1. The van der Waals surface area contributed by atoms with Crippen molar-refractivity contribution in [3.63, 3.8) is 0 Å². The van der Waals surface area contributed by atoms with Crippen LogP contribution in [0.4, 0.5) is 4.39 Å². The molecule has 2 heteroatoms. The summed E-state index contributed by atoms with van der Waals surface area (Å²) in [7, 11) is 0. The van der Waals surface area contributed by atoms with Crippen LogP contribution in [0.5, 0.6) is 0 Å². The first kappa shape index (κ1) is 14.5. The number of benzene rings is 1. The van der Waals surface area contributed by atoms with E-state index in [0.717, 1.165) is 24.3 Å². The van der Waals surface area contributed by atoms with Crippen molar-refractivity contribution in [2.24, 2.45) is 17.3 Å². The lowest BCUT2D eigenvalue weighted by molar-refractivity contribution is 0.0528. The fourth-order valence-electron chi connectivity index (χ4n) is 3.23. The topological polar surface area (TPSA) is 20.2 Å². The van der Waals surface area contributed by atoms with Crippen molar-refractivity contribution in [2.45, 2.75) is 52.6 Å². The molecule has 1 aliphatic carbocycles. The number of halogens is 1. The molecule has 0 heterocycles. The van der Waals surface area contributed by atoms with Gasteiger partial charge >= 0.3 is 0 Å². The highest BCUT2D eigenvalue weighted by Crippen LogP contribution is 2.43. The van der Waals surface area contributed by atoms with Crippen LogP contribution in [-0.4, -0.2) is 5.11 Å². The van der Waals surface area contributed by atoms with Crippen molar-refractivity contribution in [3.05, 3.63) is 35.6 Å². The van der Waals surface area contributed by atoms with Crippen molar-refractivity contribution >= 4 is 0 Å². The van der Waals surface area contributed by atoms with Crippen LogP contribution in [0.1, 0.15) is 58.1 Å². The normalized spacial score (nSPS) is 26.2. The molecular weight excluding hydrogens is 239 g/mol. The highest BCUT2D eigenvalue weighted by Gasteiger charge is 2.32. The van der Waals surface area contributed by atoms with E-state index >= 15 is 0 Å². The summed E-state index contributed by atoms with van der Waals surface area (Å²) in [6.45, 7) is 6.90. The highest BCUT2D eigenvalue weighted by atomic mass is 19.1. The summed E-state index contributed by atoms with van der Waals surface area (Å²) in [5.74, 6) is 0.834. The summed E-state index contributed by atoms with van der Waals surface area (Å²) in [6, 6.07) is 6.27. The molecule has 2 rings (SSSR count). The molecule has 1 aromatic rings. The SMILES string of the molecule is CC(C)(C)C1CCC(C(O)c2ccc(F)cc2)CC1. The lowest BCUT2D eigenvalue weighted by atomic mass is 9.68. The largest absolute Gasteiger partial charge is 0.388 e. The Bertz CT molecular complexity index is 396. The minimum atomic E-state index is -0.443. The van der Waals surface area contributed by atoms with Gasteiger partial charge in [0, 0.05) is 0 Å². The molecule has 0 saturated heterocycles. The molecule has 0 bridgehead atoms. The van der Waals surface area contributed by atoms with Crippen LogP contribution in [0, 0.1) is 23.1 Å². The predicted octanol–water partition coefficient (Wildman–Crippen LogP) is 4.71. The van der Waals surface area contributed by atoms with Gasteiger partial charge in [-0.05, 0) is 60.6 Å². The number of aliphatic hydroxyl groups is 1. The van der Waals surface area contributed by atoms with Crippen molar-refractivity contribution in [3.8, 4) is 0 Å². The van der Waals surface area contributed by atoms with Crippen molar-refractivity contribution in [1.82, 2.24) is 0 Å². The molecule has 1 aliphatic rings. The molecule has 19 heavy (non-hydrogen) atoms. The minimum Gasteiger partial charge on any atom is -0.388 e. The van der Waals surface area contributed by atoms with E-state index in [9.17, 15) is 9.50 Å². The van der Waals surface area contributed by atoms with Gasteiger partial charge in [-0.15, -0.1) is 0 Å². The maximum Gasteiger partial charge on any atom is 0.123 e. The van der Waals surface area contributed by atoms with E-state index in [4.69, 9.17) is 0 Å². The fraction of sp³-hybridized carbons (Fsp3) is 0.647. The Labute approximate surface area is 115 Å². The monoisotopic (exact) mass is 264 g/mol. The lowest BCUT2D eigenvalue weighted by Gasteiger charge is -2.38. The maximum atomic E-state index is 12.9. The molecule has 1 fully saturated rings. The Morgan fingerprint density at radius 2 is 1.58 bits per heavy atom. The first-order valence-corrected chi connectivity index (χ1v) is 7.31. The molecule has 0 aromatic heterocycles. The van der Waals surface area contributed by atoms with Gasteiger partial charge in [0.25, 0.3) is 0 Å². The number of aliphatic hydroxyl groups excluding tert-OH is 1. The predicted molar refractivity (Wildman–Crippen MR) is 76.3 cm³/mol. The second-order valence-electron chi connectivity index (χ2n) is 6.97. The summed E-state index contributed by atoms with van der Waals surface area (Å²) < 4.78 is 12.9. The van der Waals surface area contributed by atoms with E-state index in [-0.39, 0.29) is 5.82 Å². The molecule has 0 radical (unpaired) electrons. The van der Waals surface area contributed by atoms with Gasteiger partial charge in [-0.2, -0.15) is 0 Å². The number of rotatable bonds is 2. The second kappa shape index (κ2) is 5.62. The van der Waals surface area contributed by atoms with E-state index in [0.29, 0.717) is 11.3 Å². The summed E-state index contributed by atoms with van der Waals surface area (Å²) in [5.41, 5.74) is 1.21. The standard InChI is InChI=1S/C17H25FO/c1-17(2,3)14-8-4-12(5-9-14)16(19)13-6-10-15(18)11-7-13/h6-7,10-12,14,16,19H,4-5,8-9H2,1-3H3. The molecule has 1 nitrogen and oxygen atoms in total. The van der Waals surface area contributed by atoms with E-state index < -0.39 is 6.10 Å². The first-order valence-electron chi connectivity index (χ1n) is 7.31. The van der Waals surface area contributed by atoms with Gasteiger partial charge in [-0.1, -0.05) is 32.9 Å². The zero-order chi connectivity index (χ0) is 14.0. The van der Waals surface area contributed by atoms with Gasteiger partial charge in [0.05, 0.1) is 6.10 Å². The van der Waals surface area contributed by atoms with Crippen LogP contribution in [0.15, 0.2) is 24.3 Å². The van der Waals surface area contributed by atoms with Crippen LogP contribution in [0.25, 0.3) is 0 Å². The lowest BCUT2D eigenvalue weighted by Crippen LogP contribution is -2.28. The number of hydrogen-bond donors (Lipinski definition) is 1. The molecule has 0 amide bonds. The molecular formula is C17H25FO. The Hall–Kier alpha value is -0.890. The Morgan fingerprint density at radius 3 is 2.05 bits per heavy atom. The zero-order valence-electron chi connectivity index (χ0n) is 12.2. The van der Waals surface area contributed by atoms with Gasteiger partial charge in [0.1, 0.15) is 5.82 Å². The average Bonchev–Trinajstić information content (AvgIpc) is 2.38. The van der Waals surface area contributed by atoms with E-state index in [1.165, 1.54) is 25.0 Å². The van der Waals surface area contributed by atoms with Gasteiger partial charge in [0.15, 0.2) is 0 Å². The third-order valence-corrected chi connectivity index (χ3v) is 4.65.